The van der Waals surface area contributed by atoms with E-state index in [1.807, 2.05) is 48.7 Å². The van der Waals surface area contributed by atoms with E-state index < -0.39 is 11.7 Å². The van der Waals surface area contributed by atoms with Gasteiger partial charge < -0.3 is 20.9 Å². The van der Waals surface area contributed by atoms with Gasteiger partial charge in [0.2, 0.25) is 5.91 Å². The molecule has 1 aliphatic heterocycles. The van der Waals surface area contributed by atoms with Crippen molar-refractivity contribution >= 4 is 16.8 Å². The van der Waals surface area contributed by atoms with E-state index in [0.717, 1.165) is 47.7 Å². The van der Waals surface area contributed by atoms with Crippen molar-refractivity contribution in [1.82, 2.24) is 25.8 Å². The zero-order valence-corrected chi connectivity index (χ0v) is 22.2. The second-order valence-electron chi connectivity index (χ2n) is 10.2. The lowest BCUT2D eigenvalue weighted by Gasteiger charge is -2.36. The van der Waals surface area contributed by atoms with Crippen molar-refractivity contribution in [2.24, 2.45) is 0 Å². The number of aromatic nitrogens is 1. The van der Waals surface area contributed by atoms with Crippen molar-refractivity contribution in [1.29, 1.82) is 0 Å². The maximum absolute atomic E-state index is 13.5. The highest BCUT2D eigenvalue weighted by Crippen LogP contribution is 2.31. The van der Waals surface area contributed by atoms with Crippen LogP contribution in [0.4, 0.5) is 13.2 Å². The molecule has 0 saturated carbocycles. The highest BCUT2D eigenvalue weighted by atomic mass is 19.4. The number of hydrogen-bond acceptors (Lipinski definition) is 4. The third kappa shape index (κ3) is 6.91. The van der Waals surface area contributed by atoms with Crippen LogP contribution in [0.15, 0.2) is 85.1 Å². The zero-order chi connectivity index (χ0) is 28.0. The van der Waals surface area contributed by atoms with Crippen molar-refractivity contribution in [2.45, 2.75) is 31.2 Å². The first-order valence-corrected chi connectivity index (χ1v) is 13.6. The first kappa shape index (κ1) is 27.9. The highest BCUT2D eigenvalue weighted by molar-refractivity contribution is 5.83. The molecule has 4 aromatic rings. The fourth-order valence-corrected chi connectivity index (χ4v) is 5.47. The predicted molar refractivity (Wildman–Crippen MR) is 151 cm³/mol. The lowest BCUT2D eigenvalue weighted by atomic mass is 10.0. The minimum atomic E-state index is -4.42. The van der Waals surface area contributed by atoms with E-state index in [0.29, 0.717) is 13.0 Å². The molecule has 6 nitrogen and oxygen atoms in total. The first-order valence-electron chi connectivity index (χ1n) is 13.6. The van der Waals surface area contributed by atoms with Crippen molar-refractivity contribution in [3.63, 3.8) is 0 Å². The number of alkyl halides is 3. The Morgan fingerprint density at radius 2 is 1.73 bits per heavy atom. The van der Waals surface area contributed by atoms with E-state index in [4.69, 9.17) is 0 Å². The molecule has 2 atom stereocenters. The molecule has 3 aromatic carbocycles. The van der Waals surface area contributed by atoms with Gasteiger partial charge in [-0.3, -0.25) is 9.69 Å². The molecule has 4 N–H and O–H groups in total. The fraction of sp³-hybridized carbons (Fsp3) is 0.323. The van der Waals surface area contributed by atoms with E-state index in [1.54, 1.807) is 6.07 Å². The number of rotatable bonds is 10. The van der Waals surface area contributed by atoms with Crippen molar-refractivity contribution in [3.8, 4) is 0 Å². The number of carbonyl (C=O) groups is 1. The van der Waals surface area contributed by atoms with Gasteiger partial charge in [0.15, 0.2) is 0 Å². The Balaban J connectivity index is 1.28. The second kappa shape index (κ2) is 12.7. The third-order valence-corrected chi connectivity index (χ3v) is 7.42. The lowest BCUT2D eigenvalue weighted by molar-refractivity contribution is -0.138. The number of para-hydroxylation sites is 1. The van der Waals surface area contributed by atoms with Crippen LogP contribution in [0, 0.1) is 0 Å². The number of amides is 1. The Morgan fingerprint density at radius 1 is 0.975 bits per heavy atom. The molecule has 1 aromatic heterocycles. The van der Waals surface area contributed by atoms with Gasteiger partial charge in [-0.15, -0.1) is 0 Å². The number of halogens is 3. The van der Waals surface area contributed by atoms with Crippen LogP contribution in [0.3, 0.4) is 0 Å². The van der Waals surface area contributed by atoms with E-state index in [2.05, 4.69) is 38.0 Å². The van der Waals surface area contributed by atoms with E-state index in [9.17, 15) is 18.0 Å². The van der Waals surface area contributed by atoms with E-state index >= 15 is 0 Å². The van der Waals surface area contributed by atoms with Crippen molar-refractivity contribution in [3.05, 3.63) is 107 Å². The van der Waals surface area contributed by atoms with Gasteiger partial charge in [0.1, 0.15) is 0 Å². The van der Waals surface area contributed by atoms with Gasteiger partial charge in [0.25, 0.3) is 0 Å². The summed E-state index contributed by atoms with van der Waals surface area (Å²) in [5.41, 5.74) is 2.73. The Hall–Kier alpha value is -3.66. The number of aromatic amines is 1. The summed E-state index contributed by atoms with van der Waals surface area (Å²) >= 11 is 0. The fourth-order valence-electron chi connectivity index (χ4n) is 5.47. The van der Waals surface area contributed by atoms with Crippen LogP contribution in [-0.2, 0) is 23.9 Å². The first-order chi connectivity index (χ1) is 19.4. The average Bonchev–Trinajstić information content (AvgIpc) is 3.36. The average molecular weight is 550 g/mol. The summed E-state index contributed by atoms with van der Waals surface area (Å²) in [6.07, 6.45) is -1.95. The molecule has 9 heteroatoms. The normalized spacial score (nSPS) is 17.1. The van der Waals surface area contributed by atoms with Gasteiger partial charge in [0, 0.05) is 61.9 Å². The van der Waals surface area contributed by atoms with Crippen molar-refractivity contribution < 1.29 is 18.0 Å². The molecule has 0 spiro atoms. The minimum Gasteiger partial charge on any atom is -0.361 e. The SMILES string of the molecule is O=C(CN1CCNCC1c1ccccc1)NC(CNCc1ccccc1C(F)(F)F)Cc1c[nH]c2ccccc12. The molecule has 1 amide bonds. The molecular weight excluding hydrogens is 515 g/mol. The molecule has 1 fully saturated rings. The van der Waals surface area contributed by atoms with Crippen LogP contribution in [0.2, 0.25) is 0 Å². The number of hydrogen-bond donors (Lipinski definition) is 4. The topological polar surface area (TPSA) is 72.2 Å². The largest absolute Gasteiger partial charge is 0.416 e. The van der Waals surface area contributed by atoms with Crippen LogP contribution in [0.1, 0.15) is 28.3 Å². The second-order valence-corrected chi connectivity index (χ2v) is 10.2. The highest BCUT2D eigenvalue weighted by Gasteiger charge is 2.33. The molecule has 40 heavy (non-hydrogen) atoms. The van der Waals surface area contributed by atoms with Gasteiger partial charge in [0.05, 0.1) is 12.1 Å². The van der Waals surface area contributed by atoms with Crippen molar-refractivity contribution in [2.75, 3.05) is 32.7 Å². The summed E-state index contributed by atoms with van der Waals surface area (Å²) in [5.74, 6) is -0.106. The number of carbonyl (C=O) groups excluding carboxylic acids is 1. The maximum Gasteiger partial charge on any atom is 0.416 e. The Morgan fingerprint density at radius 3 is 2.55 bits per heavy atom. The summed E-state index contributed by atoms with van der Waals surface area (Å²) in [4.78, 5) is 18.8. The summed E-state index contributed by atoms with van der Waals surface area (Å²) in [7, 11) is 0. The molecule has 2 unspecified atom stereocenters. The Kier molecular flexibility index (Phi) is 8.84. The van der Waals surface area contributed by atoms with Crippen LogP contribution in [-0.4, -0.2) is 54.6 Å². The summed E-state index contributed by atoms with van der Waals surface area (Å²) in [6, 6.07) is 23.4. The number of piperazine rings is 1. The molecule has 1 saturated heterocycles. The van der Waals surface area contributed by atoms with Crippen LogP contribution < -0.4 is 16.0 Å². The van der Waals surface area contributed by atoms with Crippen LogP contribution >= 0.6 is 0 Å². The molecule has 2 heterocycles. The summed E-state index contributed by atoms with van der Waals surface area (Å²) in [6.45, 7) is 2.91. The zero-order valence-electron chi connectivity index (χ0n) is 22.2. The Bertz CT molecular complexity index is 1400. The number of nitrogens with one attached hydrogen (secondary N) is 4. The van der Waals surface area contributed by atoms with Gasteiger partial charge in [-0.25, -0.2) is 0 Å². The van der Waals surface area contributed by atoms with Gasteiger partial charge >= 0.3 is 6.18 Å². The summed E-state index contributed by atoms with van der Waals surface area (Å²) < 4.78 is 40.5. The number of nitrogens with zero attached hydrogens (tertiary/aromatic N) is 1. The molecule has 0 aliphatic carbocycles. The maximum atomic E-state index is 13.5. The standard InChI is InChI=1S/C31H34F3N5O/c32-31(33,34)27-12-6-4-10-23(27)17-36-19-25(16-24-18-37-28-13-7-5-11-26(24)28)38-30(40)21-39-15-14-35-20-29(39)22-8-2-1-3-9-22/h1-13,18,25,29,35-37H,14-17,19-21H2,(H,38,40). The lowest BCUT2D eigenvalue weighted by Crippen LogP contribution is -2.52. The molecule has 5 rings (SSSR count). The molecule has 1 aliphatic rings. The van der Waals surface area contributed by atoms with Gasteiger partial charge in [-0.1, -0.05) is 66.7 Å². The Labute approximate surface area is 232 Å². The summed E-state index contributed by atoms with van der Waals surface area (Å²) in [5, 5.41) is 10.8. The van der Waals surface area contributed by atoms with Crippen LogP contribution in [0.5, 0.6) is 0 Å². The monoisotopic (exact) mass is 549 g/mol. The quantitative estimate of drug-likeness (QED) is 0.233. The molecule has 0 bridgehead atoms. The van der Waals surface area contributed by atoms with Gasteiger partial charge in [-0.2, -0.15) is 13.2 Å². The molecule has 210 valence electrons. The van der Waals surface area contributed by atoms with E-state index in [1.165, 1.54) is 12.1 Å². The molecular formula is C31H34F3N5O. The molecule has 0 radical (unpaired) electrons. The number of fused-ring (bicyclic) bond motifs is 1. The number of benzene rings is 3. The predicted octanol–water partition coefficient (Wildman–Crippen LogP) is 4.65. The van der Waals surface area contributed by atoms with Gasteiger partial charge in [-0.05, 0) is 35.2 Å². The smallest absolute Gasteiger partial charge is 0.361 e. The minimum absolute atomic E-state index is 0.0455. The third-order valence-electron chi connectivity index (χ3n) is 7.42. The van der Waals surface area contributed by atoms with Crippen LogP contribution in [0.25, 0.3) is 10.9 Å². The van der Waals surface area contributed by atoms with E-state index in [-0.39, 0.29) is 36.6 Å². The number of H-pyrrole nitrogens is 1.